The Balaban J connectivity index is 2.18. The highest BCUT2D eigenvalue weighted by atomic mass is 35.5. The van der Waals surface area contributed by atoms with Gasteiger partial charge in [0.2, 0.25) is 15.9 Å². The molecule has 2 rings (SSSR count). The van der Waals surface area contributed by atoms with Crippen LogP contribution in [0.1, 0.15) is 6.42 Å². The highest BCUT2D eigenvalue weighted by Gasteiger charge is 2.48. The van der Waals surface area contributed by atoms with Crippen LogP contribution < -0.4 is 10.5 Å². The summed E-state index contributed by atoms with van der Waals surface area (Å²) in [5, 5.41) is 16.3. The molecular weight excluding hydrogens is 308 g/mol. The van der Waals surface area contributed by atoms with Gasteiger partial charge < -0.3 is 10.4 Å². The van der Waals surface area contributed by atoms with E-state index in [0.29, 0.717) is 0 Å². The van der Waals surface area contributed by atoms with Crippen molar-refractivity contribution in [2.24, 2.45) is 17.0 Å². The van der Waals surface area contributed by atoms with E-state index in [1.165, 1.54) is 12.1 Å². The average molecular weight is 319 g/mol. The maximum atomic E-state index is 11.8. The van der Waals surface area contributed by atoms with Gasteiger partial charge in [-0.25, -0.2) is 13.6 Å². The van der Waals surface area contributed by atoms with Crippen LogP contribution in [0.2, 0.25) is 5.02 Å². The lowest BCUT2D eigenvalue weighted by Crippen LogP contribution is -2.18. The number of rotatable bonds is 4. The number of carboxylic acids is 1. The lowest BCUT2D eigenvalue weighted by Gasteiger charge is -2.08. The highest BCUT2D eigenvalue weighted by molar-refractivity contribution is 7.89. The van der Waals surface area contributed by atoms with E-state index in [1.54, 1.807) is 0 Å². The normalized spacial score (nSPS) is 21.3. The van der Waals surface area contributed by atoms with Crippen LogP contribution in [-0.2, 0) is 19.6 Å². The Morgan fingerprint density at radius 1 is 1.35 bits per heavy atom. The molecule has 1 aliphatic rings. The number of amides is 1. The van der Waals surface area contributed by atoms with E-state index in [4.69, 9.17) is 21.8 Å². The van der Waals surface area contributed by atoms with Crippen LogP contribution in [0.15, 0.2) is 23.1 Å². The quantitative estimate of drug-likeness (QED) is 0.751. The molecule has 7 nitrogen and oxygen atoms in total. The minimum absolute atomic E-state index is 0.0826. The summed E-state index contributed by atoms with van der Waals surface area (Å²) in [4.78, 5) is 22.3. The lowest BCUT2D eigenvalue weighted by atomic mass is 10.2. The Hall–Kier alpha value is -1.64. The molecule has 4 N–H and O–H groups in total. The van der Waals surface area contributed by atoms with Gasteiger partial charge in [-0.15, -0.1) is 0 Å². The van der Waals surface area contributed by atoms with Gasteiger partial charge in [-0.05, 0) is 24.6 Å². The number of anilines is 1. The second kappa shape index (κ2) is 5.04. The number of hydrogen-bond acceptors (Lipinski definition) is 4. The average Bonchev–Trinajstić information content (AvgIpc) is 3.10. The number of hydrogen-bond donors (Lipinski definition) is 3. The molecule has 0 aromatic heterocycles. The fraction of sp³-hybridized carbons (Fsp3) is 0.273. The zero-order chi connectivity index (χ0) is 15.1. The van der Waals surface area contributed by atoms with E-state index in [9.17, 15) is 18.0 Å². The Morgan fingerprint density at radius 2 is 2.00 bits per heavy atom. The molecule has 0 bridgehead atoms. The Bertz CT molecular complexity index is 688. The molecular formula is C11H11ClN2O5S. The van der Waals surface area contributed by atoms with Crippen molar-refractivity contribution in [3.05, 3.63) is 23.2 Å². The van der Waals surface area contributed by atoms with Crippen molar-refractivity contribution < 1.29 is 23.1 Å². The summed E-state index contributed by atoms with van der Waals surface area (Å²) in [7, 11) is -3.91. The number of carboxylic acid groups (broad SMARTS) is 1. The summed E-state index contributed by atoms with van der Waals surface area (Å²) in [5.41, 5.74) is 0.0826. The third kappa shape index (κ3) is 3.09. The Labute approximate surface area is 119 Å². The Kier molecular flexibility index (Phi) is 3.72. The van der Waals surface area contributed by atoms with Gasteiger partial charge in [0.25, 0.3) is 0 Å². The summed E-state index contributed by atoms with van der Waals surface area (Å²) < 4.78 is 22.4. The molecule has 20 heavy (non-hydrogen) atoms. The largest absolute Gasteiger partial charge is 0.481 e. The van der Waals surface area contributed by atoms with Gasteiger partial charge in [-0.1, -0.05) is 11.6 Å². The van der Waals surface area contributed by atoms with Crippen LogP contribution in [0.5, 0.6) is 0 Å². The summed E-state index contributed by atoms with van der Waals surface area (Å²) in [6, 6.07) is 3.64. The fourth-order valence-electron chi connectivity index (χ4n) is 1.76. The van der Waals surface area contributed by atoms with E-state index >= 15 is 0 Å². The molecule has 1 aliphatic carbocycles. The maximum Gasteiger partial charge on any atom is 0.307 e. The molecule has 9 heteroatoms. The zero-order valence-electron chi connectivity index (χ0n) is 10.0. The maximum absolute atomic E-state index is 11.8. The number of benzene rings is 1. The molecule has 108 valence electrons. The van der Waals surface area contributed by atoms with Crippen molar-refractivity contribution in [2.45, 2.75) is 11.3 Å². The number of primary sulfonamides is 1. The molecule has 0 radical (unpaired) electrons. The van der Waals surface area contributed by atoms with Crippen molar-refractivity contribution in [1.82, 2.24) is 0 Å². The number of sulfonamides is 1. The third-order valence-electron chi connectivity index (χ3n) is 2.97. The van der Waals surface area contributed by atoms with Crippen molar-refractivity contribution in [2.75, 3.05) is 5.32 Å². The van der Waals surface area contributed by atoms with E-state index in [-0.39, 0.29) is 22.0 Å². The molecule has 1 fully saturated rings. The SMILES string of the molecule is NS(=O)(=O)c1ccc(Cl)c(NC(=O)[C@@H]2C[C@@H]2C(=O)O)c1. The predicted octanol–water partition coefficient (Wildman–Crippen LogP) is 0.647. The van der Waals surface area contributed by atoms with Gasteiger partial charge in [0.15, 0.2) is 0 Å². The minimum Gasteiger partial charge on any atom is -0.481 e. The predicted molar refractivity (Wildman–Crippen MR) is 70.7 cm³/mol. The summed E-state index contributed by atoms with van der Waals surface area (Å²) in [6.45, 7) is 0. The zero-order valence-corrected chi connectivity index (χ0v) is 11.6. The fourth-order valence-corrected chi connectivity index (χ4v) is 2.46. The Morgan fingerprint density at radius 3 is 2.50 bits per heavy atom. The molecule has 1 aromatic carbocycles. The summed E-state index contributed by atoms with van der Waals surface area (Å²) >= 11 is 5.85. The number of carbonyl (C=O) groups is 2. The number of nitrogens with one attached hydrogen (secondary N) is 1. The van der Waals surface area contributed by atoms with Crippen LogP contribution in [0.3, 0.4) is 0 Å². The minimum atomic E-state index is -3.91. The van der Waals surface area contributed by atoms with Gasteiger partial charge in [0, 0.05) is 0 Å². The first kappa shape index (κ1) is 14.8. The molecule has 2 atom stereocenters. The number of nitrogens with two attached hydrogens (primary N) is 1. The summed E-state index contributed by atoms with van der Waals surface area (Å²) in [6.07, 6.45) is 0.258. The van der Waals surface area contributed by atoms with Crippen molar-refractivity contribution in [3.8, 4) is 0 Å². The van der Waals surface area contributed by atoms with Gasteiger partial charge in [-0.3, -0.25) is 9.59 Å². The molecule has 0 saturated heterocycles. The third-order valence-corrected chi connectivity index (χ3v) is 4.21. The number of carbonyl (C=O) groups excluding carboxylic acids is 1. The van der Waals surface area contributed by atoms with E-state index < -0.39 is 33.7 Å². The van der Waals surface area contributed by atoms with Gasteiger partial charge in [0.05, 0.1) is 27.4 Å². The van der Waals surface area contributed by atoms with E-state index in [2.05, 4.69) is 5.32 Å². The van der Waals surface area contributed by atoms with Crippen molar-refractivity contribution >= 4 is 39.2 Å². The second-order valence-corrected chi connectivity index (χ2v) is 6.43. The molecule has 1 saturated carbocycles. The number of halogens is 1. The summed E-state index contributed by atoms with van der Waals surface area (Å²) in [5.74, 6) is -2.86. The molecule has 0 unspecified atom stereocenters. The van der Waals surface area contributed by atoms with Crippen LogP contribution in [0, 0.1) is 11.8 Å². The lowest BCUT2D eigenvalue weighted by molar-refractivity contribution is -0.139. The van der Waals surface area contributed by atoms with Gasteiger partial charge in [0.1, 0.15) is 0 Å². The van der Waals surface area contributed by atoms with Crippen LogP contribution in [0.25, 0.3) is 0 Å². The monoisotopic (exact) mass is 318 g/mol. The van der Waals surface area contributed by atoms with Crippen LogP contribution in [-0.4, -0.2) is 25.4 Å². The molecule has 0 aliphatic heterocycles. The molecule has 0 spiro atoms. The standard InChI is InChI=1S/C11H11ClN2O5S/c12-8-2-1-5(20(13,18)19)3-9(8)14-10(15)6-4-7(6)11(16)17/h1-3,6-7H,4H2,(H,14,15)(H,16,17)(H2,13,18,19)/t6-,7+/m1/s1. The topological polar surface area (TPSA) is 127 Å². The number of aliphatic carboxylic acids is 1. The first-order valence-corrected chi connectivity index (χ1v) is 7.48. The van der Waals surface area contributed by atoms with Gasteiger partial charge in [-0.2, -0.15) is 0 Å². The van der Waals surface area contributed by atoms with Crippen molar-refractivity contribution in [1.29, 1.82) is 0 Å². The van der Waals surface area contributed by atoms with Crippen molar-refractivity contribution in [3.63, 3.8) is 0 Å². The second-order valence-electron chi connectivity index (χ2n) is 4.46. The smallest absolute Gasteiger partial charge is 0.307 e. The first-order chi connectivity index (χ1) is 9.20. The highest BCUT2D eigenvalue weighted by Crippen LogP contribution is 2.40. The van der Waals surface area contributed by atoms with Crippen LogP contribution in [0.4, 0.5) is 5.69 Å². The molecule has 1 aromatic rings. The molecule has 1 amide bonds. The van der Waals surface area contributed by atoms with E-state index in [0.717, 1.165) is 6.07 Å². The first-order valence-electron chi connectivity index (χ1n) is 5.56. The van der Waals surface area contributed by atoms with Crippen LogP contribution >= 0.6 is 11.6 Å². The van der Waals surface area contributed by atoms with Gasteiger partial charge >= 0.3 is 5.97 Å². The van der Waals surface area contributed by atoms with E-state index in [1.807, 2.05) is 0 Å². The molecule has 0 heterocycles.